The molecular formula is C16H23N3O. The Morgan fingerprint density at radius 2 is 2.00 bits per heavy atom. The largest absolute Gasteiger partial charge is 0.334 e. The molecule has 1 saturated heterocycles. The number of aryl methyl sites for hydroxylation is 1. The molecule has 0 spiro atoms. The summed E-state index contributed by atoms with van der Waals surface area (Å²) in [5.41, 5.74) is 1.91. The smallest absolute Gasteiger partial charge is 0.274 e. The Labute approximate surface area is 120 Å². The van der Waals surface area contributed by atoms with Gasteiger partial charge in [0.15, 0.2) is 0 Å². The van der Waals surface area contributed by atoms with Crippen LogP contribution >= 0.6 is 0 Å². The maximum absolute atomic E-state index is 12.7. The number of carbonyl (C=O) groups is 1. The molecule has 0 aromatic carbocycles. The second kappa shape index (κ2) is 4.27. The molecule has 2 aliphatic rings. The van der Waals surface area contributed by atoms with Crippen LogP contribution in [-0.4, -0.2) is 33.4 Å². The van der Waals surface area contributed by atoms with Gasteiger partial charge in [-0.25, -0.2) is 4.98 Å². The van der Waals surface area contributed by atoms with Gasteiger partial charge in [0.25, 0.3) is 5.91 Å². The molecule has 1 aromatic rings. The third-order valence-corrected chi connectivity index (χ3v) is 4.68. The van der Waals surface area contributed by atoms with E-state index < -0.39 is 0 Å². The fraction of sp³-hybridized carbons (Fsp3) is 0.688. The lowest BCUT2D eigenvalue weighted by Crippen LogP contribution is -2.38. The fourth-order valence-corrected chi connectivity index (χ4v) is 4.35. The van der Waals surface area contributed by atoms with E-state index in [9.17, 15) is 4.79 Å². The van der Waals surface area contributed by atoms with Crippen molar-refractivity contribution < 1.29 is 4.79 Å². The summed E-state index contributed by atoms with van der Waals surface area (Å²) in [6, 6.07) is 0.361. The number of rotatable bonds is 1. The second-order valence-corrected chi connectivity index (χ2v) is 7.69. The van der Waals surface area contributed by atoms with Crippen molar-refractivity contribution >= 4 is 5.91 Å². The summed E-state index contributed by atoms with van der Waals surface area (Å²) in [7, 11) is 0. The molecule has 1 amide bonds. The molecular weight excluding hydrogens is 250 g/mol. The van der Waals surface area contributed by atoms with Crippen LogP contribution in [0.25, 0.3) is 0 Å². The molecule has 0 N–H and O–H groups in total. The SMILES string of the molecule is Cc1cnc(C(=O)N2CC3(C)CC2CC(C)(C)C3)cn1. The Morgan fingerprint density at radius 3 is 2.65 bits per heavy atom. The topological polar surface area (TPSA) is 46.1 Å². The molecule has 3 rings (SSSR count). The van der Waals surface area contributed by atoms with Gasteiger partial charge in [0.1, 0.15) is 5.69 Å². The van der Waals surface area contributed by atoms with E-state index in [0.29, 0.717) is 17.2 Å². The van der Waals surface area contributed by atoms with Gasteiger partial charge in [0.2, 0.25) is 0 Å². The average molecular weight is 273 g/mol. The summed E-state index contributed by atoms with van der Waals surface area (Å²) in [5, 5.41) is 0. The highest BCUT2D eigenvalue weighted by molar-refractivity contribution is 5.92. The molecule has 2 atom stereocenters. The molecule has 0 radical (unpaired) electrons. The maximum atomic E-state index is 12.7. The lowest BCUT2D eigenvalue weighted by Gasteiger charge is -2.39. The van der Waals surface area contributed by atoms with Gasteiger partial charge in [-0.3, -0.25) is 9.78 Å². The number of fused-ring (bicyclic) bond motifs is 2. The number of amides is 1. The van der Waals surface area contributed by atoms with E-state index in [2.05, 4.69) is 30.7 Å². The van der Waals surface area contributed by atoms with Gasteiger partial charge >= 0.3 is 0 Å². The maximum Gasteiger partial charge on any atom is 0.274 e. The van der Waals surface area contributed by atoms with Crippen LogP contribution in [0.15, 0.2) is 12.4 Å². The van der Waals surface area contributed by atoms with E-state index in [1.165, 1.54) is 6.42 Å². The standard InChI is InChI=1S/C16H23N3O/c1-11-7-18-13(8-17-11)14(20)19-10-16(4)6-12(19)5-15(2,3)9-16/h7-8,12H,5-6,9-10H2,1-4H3. The van der Waals surface area contributed by atoms with Crippen molar-refractivity contribution in [3.8, 4) is 0 Å². The molecule has 4 nitrogen and oxygen atoms in total. The van der Waals surface area contributed by atoms with Gasteiger partial charge in [0, 0.05) is 18.8 Å². The van der Waals surface area contributed by atoms with Crippen LogP contribution in [0.2, 0.25) is 0 Å². The number of hydrogen-bond donors (Lipinski definition) is 0. The first-order valence-corrected chi connectivity index (χ1v) is 7.38. The van der Waals surface area contributed by atoms with Crippen molar-refractivity contribution in [1.29, 1.82) is 0 Å². The van der Waals surface area contributed by atoms with Crippen molar-refractivity contribution in [3.63, 3.8) is 0 Å². The number of aromatic nitrogens is 2. The first-order chi connectivity index (χ1) is 9.28. The van der Waals surface area contributed by atoms with Crippen molar-refractivity contribution in [2.24, 2.45) is 10.8 Å². The third kappa shape index (κ3) is 2.32. The number of likely N-dealkylation sites (tertiary alicyclic amines) is 1. The monoisotopic (exact) mass is 273 g/mol. The first-order valence-electron chi connectivity index (χ1n) is 7.38. The van der Waals surface area contributed by atoms with E-state index in [0.717, 1.165) is 25.1 Å². The van der Waals surface area contributed by atoms with E-state index in [1.54, 1.807) is 12.4 Å². The Kier molecular flexibility index (Phi) is 2.89. The van der Waals surface area contributed by atoms with Gasteiger partial charge in [-0.05, 0) is 37.0 Å². The zero-order valence-corrected chi connectivity index (χ0v) is 12.8. The lowest BCUT2D eigenvalue weighted by atomic mass is 9.65. The normalized spacial score (nSPS) is 31.4. The van der Waals surface area contributed by atoms with Gasteiger partial charge in [-0.1, -0.05) is 20.8 Å². The minimum absolute atomic E-state index is 0.0453. The predicted molar refractivity (Wildman–Crippen MR) is 77.3 cm³/mol. The summed E-state index contributed by atoms with van der Waals surface area (Å²) in [4.78, 5) is 23.1. The summed E-state index contributed by atoms with van der Waals surface area (Å²) >= 11 is 0. The Bertz CT molecular complexity index is 537. The van der Waals surface area contributed by atoms with E-state index in [-0.39, 0.29) is 11.3 Å². The molecule has 2 fully saturated rings. The molecule has 20 heavy (non-hydrogen) atoms. The molecule has 1 aromatic heterocycles. The molecule has 108 valence electrons. The number of hydrogen-bond acceptors (Lipinski definition) is 3. The molecule has 1 aliphatic carbocycles. The van der Waals surface area contributed by atoms with Gasteiger partial charge < -0.3 is 4.90 Å². The molecule has 2 heterocycles. The fourth-order valence-electron chi connectivity index (χ4n) is 4.35. The van der Waals surface area contributed by atoms with Crippen LogP contribution in [0.3, 0.4) is 0 Å². The molecule has 1 aliphatic heterocycles. The van der Waals surface area contributed by atoms with E-state index >= 15 is 0 Å². The van der Waals surface area contributed by atoms with Gasteiger partial charge in [0.05, 0.1) is 11.9 Å². The van der Waals surface area contributed by atoms with Crippen molar-refractivity contribution in [1.82, 2.24) is 14.9 Å². The van der Waals surface area contributed by atoms with Crippen LogP contribution in [0.5, 0.6) is 0 Å². The van der Waals surface area contributed by atoms with Crippen molar-refractivity contribution in [2.75, 3.05) is 6.54 Å². The lowest BCUT2D eigenvalue weighted by molar-refractivity contribution is 0.0702. The summed E-state index contributed by atoms with van der Waals surface area (Å²) in [6.07, 6.45) is 6.68. The second-order valence-electron chi connectivity index (χ2n) is 7.69. The van der Waals surface area contributed by atoms with Gasteiger partial charge in [-0.15, -0.1) is 0 Å². The average Bonchev–Trinajstić information content (AvgIpc) is 2.58. The van der Waals surface area contributed by atoms with Crippen LogP contribution in [-0.2, 0) is 0 Å². The van der Waals surface area contributed by atoms with E-state index in [1.807, 2.05) is 11.8 Å². The minimum Gasteiger partial charge on any atom is -0.334 e. The molecule has 1 saturated carbocycles. The Balaban J connectivity index is 1.85. The van der Waals surface area contributed by atoms with Crippen LogP contribution in [0.4, 0.5) is 0 Å². The predicted octanol–water partition coefficient (Wildman–Crippen LogP) is 2.83. The van der Waals surface area contributed by atoms with Crippen LogP contribution in [0.1, 0.15) is 56.2 Å². The molecule has 2 unspecified atom stereocenters. The highest BCUT2D eigenvalue weighted by atomic mass is 16.2. The Hall–Kier alpha value is -1.45. The van der Waals surface area contributed by atoms with Crippen molar-refractivity contribution in [2.45, 2.75) is 53.0 Å². The molecule has 4 heteroatoms. The quantitative estimate of drug-likeness (QED) is 0.790. The summed E-state index contributed by atoms with van der Waals surface area (Å²) < 4.78 is 0. The van der Waals surface area contributed by atoms with Crippen molar-refractivity contribution in [3.05, 3.63) is 23.8 Å². The van der Waals surface area contributed by atoms with Crippen LogP contribution < -0.4 is 0 Å². The molecule has 2 bridgehead atoms. The summed E-state index contributed by atoms with van der Waals surface area (Å²) in [6.45, 7) is 9.69. The zero-order valence-electron chi connectivity index (χ0n) is 12.8. The highest BCUT2D eigenvalue weighted by Crippen LogP contribution is 2.52. The number of nitrogens with zero attached hydrogens (tertiary/aromatic N) is 3. The highest BCUT2D eigenvalue weighted by Gasteiger charge is 2.51. The van der Waals surface area contributed by atoms with Crippen LogP contribution in [0, 0.1) is 17.8 Å². The number of carbonyl (C=O) groups excluding carboxylic acids is 1. The summed E-state index contributed by atoms with van der Waals surface area (Å²) in [5.74, 6) is 0.0453. The zero-order chi connectivity index (χ0) is 14.5. The third-order valence-electron chi connectivity index (χ3n) is 4.68. The minimum atomic E-state index is 0.0453. The van der Waals surface area contributed by atoms with E-state index in [4.69, 9.17) is 0 Å². The first kappa shape index (κ1) is 13.5. The van der Waals surface area contributed by atoms with Gasteiger partial charge in [-0.2, -0.15) is 0 Å². The Morgan fingerprint density at radius 1 is 1.25 bits per heavy atom.